The van der Waals surface area contributed by atoms with Crippen LogP contribution in [-0.4, -0.2) is 28.8 Å². The molecule has 1 amide bonds. The summed E-state index contributed by atoms with van der Waals surface area (Å²) in [5.74, 6) is -0.168. The number of amides is 1. The number of nitrogens with one attached hydrogen (secondary N) is 1. The van der Waals surface area contributed by atoms with E-state index in [1.807, 2.05) is 0 Å². The number of carbonyl (C=O) groups is 1. The SMILES string of the molecule is CC(C)C(=O)NCCCOP(=O)(O)O. The van der Waals surface area contributed by atoms with E-state index in [2.05, 4.69) is 9.84 Å². The Labute approximate surface area is 82.9 Å². The fourth-order valence-corrected chi connectivity index (χ4v) is 1.04. The summed E-state index contributed by atoms with van der Waals surface area (Å²) in [7, 11) is -4.36. The molecule has 0 rings (SSSR count). The van der Waals surface area contributed by atoms with Crippen molar-refractivity contribution in [1.82, 2.24) is 5.32 Å². The molecule has 0 spiro atoms. The predicted octanol–water partition coefficient (Wildman–Crippen LogP) is 0.258. The molecule has 0 saturated carbocycles. The molecule has 0 aromatic rings. The summed E-state index contributed by atoms with van der Waals surface area (Å²) in [6, 6.07) is 0. The summed E-state index contributed by atoms with van der Waals surface area (Å²) in [4.78, 5) is 27.6. The summed E-state index contributed by atoms with van der Waals surface area (Å²) >= 11 is 0. The molecule has 0 aromatic carbocycles. The Morgan fingerprint density at radius 1 is 1.50 bits per heavy atom. The predicted molar refractivity (Wildman–Crippen MR) is 50.5 cm³/mol. The second kappa shape index (κ2) is 6.14. The largest absolute Gasteiger partial charge is 0.469 e. The molecule has 6 nitrogen and oxygen atoms in total. The van der Waals surface area contributed by atoms with Crippen LogP contribution in [-0.2, 0) is 13.9 Å². The molecule has 0 heterocycles. The van der Waals surface area contributed by atoms with Gasteiger partial charge in [0.15, 0.2) is 0 Å². The van der Waals surface area contributed by atoms with E-state index < -0.39 is 7.82 Å². The van der Waals surface area contributed by atoms with E-state index >= 15 is 0 Å². The van der Waals surface area contributed by atoms with Gasteiger partial charge in [0.2, 0.25) is 5.91 Å². The van der Waals surface area contributed by atoms with Crippen LogP contribution in [0.4, 0.5) is 0 Å². The maximum absolute atomic E-state index is 11.0. The Kier molecular flexibility index (Phi) is 5.95. The van der Waals surface area contributed by atoms with E-state index in [0.717, 1.165) is 0 Å². The van der Waals surface area contributed by atoms with Gasteiger partial charge in [-0.15, -0.1) is 0 Å². The number of phosphoric ester groups is 1. The quantitative estimate of drug-likeness (QED) is 0.445. The van der Waals surface area contributed by atoms with Crippen molar-refractivity contribution < 1.29 is 23.7 Å². The van der Waals surface area contributed by atoms with Gasteiger partial charge in [0.05, 0.1) is 6.61 Å². The van der Waals surface area contributed by atoms with Gasteiger partial charge in [0.25, 0.3) is 0 Å². The Bertz CT molecular complexity index is 224. The van der Waals surface area contributed by atoms with Crippen LogP contribution < -0.4 is 5.32 Å². The first kappa shape index (κ1) is 13.6. The van der Waals surface area contributed by atoms with E-state index in [1.165, 1.54) is 0 Å². The minimum absolute atomic E-state index is 0.0668. The highest BCUT2D eigenvalue weighted by Crippen LogP contribution is 2.35. The van der Waals surface area contributed by atoms with Crippen LogP contribution in [0.2, 0.25) is 0 Å². The zero-order valence-electron chi connectivity index (χ0n) is 8.27. The molecule has 0 aliphatic rings. The van der Waals surface area contributed by atoms with Crippen molar-refractivity contribution in [3.05, 3.63) is 0 Å². The van der Waals surface area contributed by atoms with Crippen molar-refractivity contribution in [2.45, 2.75) is 20.3 Å². The third kappa shape index (κ3) is 8.19. The molecule has 0 aromatic heterocycles. The first-order valence-electron chi connectivity index (χ1n) is 4.30. The molecule has 14 heavy (non-hydrogen) atoms. The lowest BCUT2D eigenvalue weighted by Crippen LogP contribution is -2.29. The van der Waals surface area contributed by atoms with Crippen molar-refractivity contribution in [2.24, 2.45) is 5.92 Å². The second-order valence-corrected chi connectivity index (χ2v) is 4.36. The number of hydrogen-bond donors (Lipinski definition) is 3. The third-order valence-corrected chi connectivity index (χ3v) is 1.92. The van der Waals surface area contributed by atoms with Gasteiger partial charge >= 0.3 is 7.82 Å². The minimum atomic E-state index is -4.36. The maximum atomic E-state index is 11.0. The van der Waals surface area contributed by atoms with Crippen LogP contribution in [0.5, 0.6) is 0 Å². The van der Waals surface area contributed by atoms with Gasteiger partial charge in [-0.3, -0.25) is 9.32 Å². The summed E-state index contributed by atoms with van der Waals surface area (Å²) in [5.41, 5.74) is 0. The number of hydrogen-bond acceptors (Lipinski definition) is 3. The van der Waals surface area contributed by atoms with Crippen molar-refractivity contribution >= 4 is 13.7 Å². The van der Waals surface area contributed by atoms with E-state index in [9.17, 15) is 9.36 Å². The van der Waals surface area contributed by atoms with Crippen molar-refractivity contribution in [3.8, 4) is 0 Å². The molecule has 0 fully saturated rings. The van der Waals surface area contributed by atoms with Crippen molar-refractivity contribution in [1.29, 1.82) is 0 Å². The standard InChI is InChI=1S/C7H16NO5P/c1-6(2)7(9)8-4-3-5-13-14(10,11)12/h6H,3-5H2,1-2H3,(H,8,9)(H2,10,11,12). The fraction of sp³-hybridized carbons (Fsp3) is 0.857. The Morgan fingerprint density at radius 2 is 2.07 bits per heavy atom. The first-order chi connectivity index (χ1) is 6.33. The monoisotopic (exact) mass is 225 g/mol. The van der Waals surface area contributed by atoms with Gasteiger partial charge in [0, 0.05) is 12.5 Å². The van der Waals surface area contributed by atoms with Crippen LogP contribution in [0, 0.1) is 5.92 Å². The summed E-state index contributed by atoms with van der Waals surface area (Å²) in [5, 5.41) is 2.60. The zero-order valence-corrected chi connectivity index (χ0v) is 9.16. The van der Waals surface area contributed by atoms with Crippen LogP contribution in [0.25, 0.3) is 0 Å². The highest BCUT2D eigenvalue weighted by molar-refractivity contribution is 7.46. The van der Waals surface area contributed by atoms with Crippen LogP contribution in [0.3, 0.4) is 0 Å². The van der Waals surface area contributed by atoms with E-state index in [0.29, 0.717) is 13.0 Å². The fourth-order valence-electron chi connectivity index (χ4n) is 0.671. The van der Waals surface area contributed by atoms with Gasteiger partial charge < -0.3 is 15.1 Å². The maximum Gasteiger partial charge on any atom is 0.469 e. The molecule has 7 heteroatoms. The Balaban J connectivity index is 3.40. The normalized spacial score (nSPS) is 11.8. The van der Waals surface area contributed by atoms with Crippen LogP contribution in [0.1, 0.15) is 20.3 Å². The van der Waals surface area contributed by atoms with Gasteiger partial charge in [0.1, 0.15) is 0 Å². The molecule has 84 valence electrons. The molecule has 0 saturated heterocycles. The lowest BCUT2D eigenvalue weighted by molar-refractivity contribution is -0.123. The average Bonchev–Trinajstić information content (AvgIpc) is 2.01. The van der Waals surface area contributed by atoms with E-state index in [-0.39, 0.29) is 18.4 Å². The highest BCUT2D eigenvalue weighted by Gasteiger charge is 2.12. The Morgan fingerprint density at radius 3 is 2.50 bits per heavy atom. The second-order valence-electron chi connectivity index (χ2n) is 3.12. The lowest BCUT2D eigenvalue weighted by Gasteiger charge is -2.08. The first-order valence-corrected chi connectivity index (χ1v) is 5.84. The zero-order chi connectivity index (χ0) is 11.2. The van der Waals surface area contributed by atoms with Crippen LogP contribution >= 0.6 is 7.82 Å². The minimum Gasteiger partial charge on any atom is -0.356 e. The molecule has 0 radical (unpaired) electrons. The number of carbonyl (C=O) groups excluding carboxylic acids is 1. The van der Waals surface area contributed by atoms with Crippen LogP contribution in [0.15, 0.2) is 0 Å². The molecular formula is C7H16NO5P. The van der Waals surface area contributed by atoms with Crippen molar-refractivity contribution in [2.75, 3.05) is 13.2 Å². The smallest absolute Gasteiger partial charge is 0.356 e. The van der Waals surface area contributed by atoms with Gasteiger partial charge in [-0.05, 0) is 6.42 Å². The van der Waals surface area contributed by atoms with E-state index in [4.69, 9.17) is 9.79 Å². The molecule has 0 bridgehead atoms. The van der Waals surface area contributed by atoms with Crippen molar-refractivity contribution in [3.63, 3.8) is 0 Å². The average molecular weight is 225 g/mol. The Hall–Kier alpha value is -0.420. The number of phosphoric acid groups is 1. The van der Waals surface area contributed by atoms with Gasteiger partial charge in [-0.2, -0.15) is 0 Å². The summed E-state index contributed by atoms with van der Waals surface area (Å²) in [6.45, 7) is 3.82. The number of rotatable bonds is 6. The van der Waals surface area contributed by atoms with Gasteiger partial charge in [-0.1, -0.05) is 13.8 Å². The summed E-state index contributed by atoms with van der Waals surface area (Å²) < 4.78 is 14.4. The third-order valence-electron chi connectivity index (χ3n) is 1.40. The summed E-state index contributed by atoms with van der Waals surface area (Å²) in [6.07, 6.45) is 0.379. The molecule has 0 atom stereocenters. The molecule has 0 aliphatic carbocycles. The molecule has 0 unspecified atom stereocenters. The van der Waals surface area contributed by atoms with Gasteiger partial charge in [-0.25, -0.2) is 4.57 Å². The molecule has 3 N–H and O–H groups in total. The lowest BCUT2D eigenvalue weighted by atomic mass is 10.2. The molecule has 0 aliphatic heterocycles. The molecular weight excluding hydrogens is 209 g/mol. The topological polar surface area (TPSA) is 95.9 Å². The van der Waals surface area contributed by atoms with E-state index in [1.54, 1.807) is 13.8 Å². The highest BCUT2D eigenvalue weighted by atomic mass is 31.2.